The molecule has 3 rings (SSSR count). The van der Waals surface area contributed by atoms with Crippen LogP contribution < -0.4 is 16.0 Å². The van der Waals surface area contributed by atoms with Crippen molar-refractivity contribution in [3.05, 3.63) is 18.0 Å². The van der Waals surface area contributed by atoms with Gasteiger partial charge in [0, 0.05) is 19.3 Å². The first-order chi connectivity index (χ1) is 10.7. The topological polar surface area (TPSA) is 88.1 Å². The molecule has 120 valence electrons. The number of piperidine rings is 1. The van der Waals surface area contributed by atoms with Crippen LogP contribution in [0.5, 0.6) is 0 Å². The number of nitrogens with one attached hydrogen (secondary N) is 3. The average molecular weight is 305 g/mol. The van der Waals surface area contributed by atoms with Crippen LogP contribution in [0.2, 0.25) is 0 Å². The number of rotatable bonds is 6. The van der Waals surface area contributed by atoms with Crippen LogP contribution in [0, 0.1) is 5.92 Å². The van der Waals surface area contributed by atoms with Crippen LogP contribution >= 0.6 is 0 Å². The highest BCUT2D eigenvalue weighted by molar-refractivity contribution is 5.94. The van der Waals surface area contributed by atoms with Gasteiger partial charge in [-0.1, -0.05) is 0 Å². The van der Waals surface area contributed by atoms with Crippen LogP contribution in [0.15, 0.2) is 12.3 Å². The molecule has 1 unspecified atom stereocenters. The molecule has 1 saturated carbocycles. The molecule has 1 aromatic rings. The predicted molar refractivity (Wildman–Crippen MR) is 81.4 cm³/mol. The van der Waals surface area contributed by atoms with E-state index in [2.05, 4.69) is 21.0 Å². The molecule has 1 atom stereocenters. The summed E-state index contributed by atoms with van der Waals surface area (Å²) in [5.41, 5.74) is 0.362. The van der Waals surface area contributed by atoms with E-state index in [4.69, 9.17) is 0 Å². The van der Waals surface area contributed by atoms with Gasteiger partial charge in [0.1, 0.15) is 5.69 Å². The Hall–Kier alpha value is -1.89. The summed E-state index contributed by atoms with van der Waals surface area (Å²) in [6.07, 6.45) is 6.41. The van der Waals surface area contributed by atoms with E-state index in [0.29, 0.717) is 17.7 Å². The van der Waals surface area contributed by atoms with Gasteiger partial charge in [0.05, 0.1) is 12.6 Å². The normalized spacial score (nSPS) is 21.4. The van der Waals surface area contributed by atoms with E-state index < -0.39 is 0 Å². The van der Waals surface area contributed by atoms with E-state index in [1.54, 1.807) is 6.07 Å². The summed E-state index contributed by atoms with van der Waals surface area (Å²) in [4.78, 5) is 23.6. The molecular weight excluding hydrogens is 282 g/mol. The van der Waals surface area contributed by atoms with E-state index >= 15 is 0 Å². The van der Waals surface area contributed by atoms with Gasteiger partial charge in [-0.2, -0.15) is 5.10 Å². The van der Waals surface area contributed by atoms with Gasteiger partial charge in [0.25, 0.3) is 5.91 Å². The minimum Gasteiger partial charge on any atom is -0.354 e. The van der Waals surface area contributed by atoms with Crippen LogP contribution in [0.1, 0.15) is 42.2 Å². The molecule has 0 aromatic carbocycles. The maximum Gasteiger partial charge on any atom is 0.272 e. The van der Waals surface area contributed by atoms with Crippen LogP contribution in [-0.2, 0) is 4.79 Å². The number of hydrogen-bond donors (Lipinski definition) is 3. The molecule has 1 aromatic heterocycles. The first kappa shape index (κ1) is 15.0. The second-order valence-electron chi connectivity index (χ2n) is 6.11. The fraction of sp³-hybridized carbons (Fsp3) is 0.667. The molecule has 0 radical (unpaired) electrons. The zero-order chi connectivity index (χ0) is 15.4. The quantitative estimate of drug-likeness (QED) is 0.694. The maximum atomic E-state index is 12.0. The van der Waals surface area contributed by atoms with Crippen molar-refractivity contribution in [2.24, 2.45) is 5.92 Å². The lowest BCUT2D eigenvalue weighted by Gasteiger charge is -2.22. The average Bonchev–Trinajstić information content (AvgIpc) is 3.25. The van der Waals surface area contributed by atoms with Crippen molar-refractivity contribution in [3.63, 3.8) is 0 Å². The zero-order valence-corrected chi connectivity index (χ0v) is 12.7. The molecule has 1 saturated heterocycles. The van der Waals surface area contributed by atoms with Crippen molar-refractivity contribution in [1.82, 2.24) is 25.7 Å². The van der Waals surface area contributed by atoms with Crippen molar-refractivity contribution in [2.75, 3.05) is 26.2 Å². The van der Waals surface area contributed by atoms with Crippen LogP contribution in [0.25, 0.3) is 0 Å². The maximum absolute atomic E-state index is 12.0. The standard InChI is InChI=1S/C15H23N5O2/c21-14(17-8-11-3-4-11)10-18-15(22)13-5-7-20(19-13)12-2-1-6-16-9-12/h5,7,11-12,16H,1-4,6,8-10H2,(H,17,21)(H,18,22). The first-order valence-electron chi connectivity index (χ1n) is 8.03. The molecule has 7 heteroatoms. The summed E-state index contributed by atoms with van der Waals surface area (Å²) in [5, 5.41) is 13.1. The Balaban J connectivity index is 1.45. The van der Waals surface area contributed by atoms with Gasteiger partial charge in [-0.25, -0.2) is 0 Å². The molecule has 1 aliphatic carbocycles. The number of carbonyl (C=O) groups is 2. The molecular formula is C15H23N5O2. The summed E-state index contributed by atoms with van der Waals surface area (Å²) in [6, 6.07) is 2.00. The van der Waals surface area contributed by atoms with Gasteiger partial charge in [0.15, 0.2) is 0 Å². The van der Waals surface area contributed by atoms with Crippen LogP contribution in [-0.4, -0.2) is 47.8 Å². The highest BCUT2D eigenvalue weighted by Gasteiger charge is 2.22. The SMILES string of the molecule is O=C(CNC(=O)c1ccn(C2CCCNC2)n1)NCC1CC1. The second kappa shape index (κ2) is 6.91. The molecule has 0 spiro atoms. The fourth-order valence-corrected chi connectivity index (χ4v) is 2.62. The lowest BCUT2D eigenvalue weighted by molar-refractivity contribution is -0.120. The highest BCUT2D eigenvalue weighted by atomic mass is 16.2. The predicted octanol–water partition coefficient (Wildman–Crippen LogP) is 0.0636. The lowest BCUT2D eigenvalue weighted by atomic mass is 10.1. The van der Waals surface area contributed by atoms with E-state index in [-0.39, 0.29) is 18.4 Å². The Morgan fingerprint density at radius 2 is 2.18 bits per heavy atom. The number of carbonyl (C=O) groups excluding carboxylic acids is 2. The number of amides is 2. The van der Waals surface area contributed by atoms with Crippen molar-refractivity contribution in [1.29, 1.82) is 0 Å². The Morgan fingerprint density at radius 1 is 1.32 bits per heavy atom. The van der Waals surface area contributed by atoms with Crippen molar-refractivity contribution in [3.8, 4) is 0 Å². The van der Waals surface area contributed by atoms with Crippen molar-refractivity contribution < 1.29 is 9.59 Å². The van der Waals surface area contributed by atoms with Gasteiger partial charge < -0.3 is 16.0 Å². The highest BCUT2D eigenvalue weighted by Crippen LogP contribution is 2.27. The van der Waals surface area contributed by atoms with E-state index in [9.17, 15) is 9.59 Å². The van der Waals surface area contributed by atoms with Gasteiger partial charge in [-0.15, -0.1) is 0 Å². The molecule has 0 bridgehead atoms. The van der Waals surface area contributed by atoms with E-state index in [1.807, 2.05) is 10.9 Å². The minimum absolute atomic E-state index is 0.00337. The lowest BCUT2D eigenvalue weighted by Crippen LogP contribution is -2.38. The molecule has 1 aliphatic heterocycles. The zero-order valence-electron chi connectivity index (χ0n) is 12.7. The van der Waals surface area contributed by atoms with Gasteiger partial charge in [-0.3, -0.25) is 14.3 Å². The third-order valence-electron chi connectivity index (χ3n) is 4.18. The summed E-state index contributed by atoms with van der Waals surface area (Å²) in [6.45, 7) is 2.65. The third-order valence-corrected chi connectivity index (χ3v) is 4.18. The third kappa shape index (κ3) is 4.07. The number of nitrogens with zero attached hydrogens (tertiary/aromatic N) is 2. The fourth-order valence-electron chi connectivity index (χ4n) is 2.62. The van der Waals surface area contributed by atoms with Crippen molar-refractivity contribution >= 4 is 11.8 Å². The monoisotopic (exact) mass is 305 g/mol. The summed E-state index contributed by atoms with van der Waals surface area (Å²) >= 11 is 0. The van der Waals surface area contributed by atoms with Crippen molar-refractivity contribution in [2.45, 2.75) is 31.7 Å². The van der Waals surface area contributed by atoms with Gasteiger partial charge in [-0.05, 0) is 44.2 Å². The molecule has 2 aliphatic rings. The van der Waals surface area contributed by atoms with Crippen LogP contribution in [0.4, 0.5) is 0 Å². The smallest absolute Gasteiger partial charge is 0.272 e. The summed E-state index contributed by atoms with van der Waals surface area (Å²) in [5.74, 6) is 0.194. The molecule has 2 heterocycles. The summed E-state index contributed by atoms with van der Waals surface area (Å²) in [7, 11) is 0. The van der Waals surface area contributed by atoms with E-state index in [0.717, 1.165) is 32.5 Å². The Labute approximate surface area is 129 Å². The van der Waals surface area contributed by atoms with Gasteiger partial charge >= 0.3 is 0 Å². The largest absolute Gasteiger partial charge is 0.354 e. The molecule has 22 heavy (non-hydrogen) atoms. The Morgan fingerprint density at radius 3 is 2.91 bits per heavy atom. The second-order valence-corrected chi connectivity index (χ2v) is 6.11. The molecule has 2 amide bonds. The van der Waals surface area contributed by atoms with Gasteiger partial charge in [0.2, 0.25) is 5.91 Å². The Kier molecular flexibility index (Phi) is 4.72. The molecule has 3 N–H and O–H groups in total. The number of hydrogen-bond acceptors (Lipinski definition) is 4. The molecule has 7 nitrogen and oxygen atoms in total. The van der Waals surface area contributed by atoms with E-state index in [1.165, 1.54) is 12.8 Å². The number of aromatic nitrogens is 2. The van der Waals surface area contributed by atoms with Crippen LogP contribution in [0.3, 0.4) is 0 Å². The Bertz CT molecular complexity index is 532. The summed E-state index contributed by atoms with van der Waals surface area (Å²) < 4.78 is 1.84. The first-order valence-corrected chi connectivity index (χ1v) is 8.03. The minimum atomic E-state index is -0.302. The molecule has 2 fully saturated rings.